The molecule has 4 heteroatoms. The monoisotopic (exact) mass is 946 g/mol. The van der Waals surface area contributed by atoms with Gasteiger partial charge >= 0.3 is 0 Å². The van der Waals surface area contributed by atoms with Crippen LogP contribution in [0, 0.1) is 6.92 Å². The summed E-state index contributed by atoms with van der Waals surface area (Å²) in [4.78, 5) is 4.91. The van der Waals surface area contributed by atoms with Gasteiger partial charge in [0.2, 0.25) is 0 Å². The molecule has 0 amide bonds. The van der Waals surface area contributed by atoms with Crippen molar-refractivity contribution in [2.75, 3.05) is 9.80 Å². The van der Waals surface area contributed by atoms with Crippen molar-refractivity contribution in [3.8, 4) is 11.3 Å². The summed E-state index contributed by atoms with van der Waals surface area (Å²) >= 11 is 0. The Hall–Kier alpha value is -6.62. The van der Waals surface area contributed by atoms with Gasteiger partial charge in [-0.25, -0.2) is 0 Å². The van der Waals surface area contributed by atoms with Crippen LogP contribution >= 0.6 is 0 Å². The molecular formula is C67H71N3Si. The lowest BCUT2D eigenvalue weighted by Crippen LogP contribution is -2.37. The number of benzene rings is 8. The molecule has 0 unspecified atom stereocenters. The summed E-state index contributed by atoms with van der Waals surface area (Å²) in [5, 5.41) is 7.94. The minimum atomic E-state index is -1.51. The van der Waals surface area contributed by atoms with E-state index in [1.807, 2.05) is 0 Å². The molecule has 0 aliphatic heterocycles. The number of aryl methyl sites for hydroxylation is 1. The molecule has 0 bridgehead atoms. The Balaban J connectivity index is 1.20. The summed E-state index contributed by atoms with van der Waals surface area (Å²) in [5.74, 6) is 0. The van der Waals surface area contributed by atoms with Crippen molar-refractivity contribution in [1.82, 2.24) is 4.40 Å². The summed E-state index contributed by atoms with van der Waals surface area (Å²) in [6, 6.07) is 61.1. The third-order valence-electron chi connectivity index (χ3n) is 15.8. The van der Waals surface area contributed by atoms with E-state index in [-0.39, 0.29) is 21.7 Å². The molecule has 1 aliphatic carbocycles. The second kappa shape index (κ2) is 15.9. The number of hydrogen-bond acceptors (Lipinski definition) is 2. The molecule has 1 aliphatic rings. The van der Waals surface area contributed by atoms with Crippen molar-refractivity contribution >= 4 is 85.3 Å². The van der Waals surface area contributed by atoms with Crippen LogP contribution in [0.1, 0.15) is 110 Å². The van der Waals surface area contributed by atoms with E-state index in [9.17, 15) is 0 Å². The summed E-state index contributed by atoms with van der Waals surface area (Å²) in [7, 11) is -1.51. The Morgan fingerprint density at radius 2 is 0.915 bits per heavy atom. The van der Waals surface area contributed by atoms with Gasteiger partial charge in [0.1, 0.15) is 0 Å². The molecule has 8 aromatic carbocycles. The fraction of sp³-hybridized carbons (Fsp3) is 0.284. The van der Waals surface area contributed by atoms with Gasteiger partial charge in [0, 0.05) is 61.3 Å². The van der Waals surface area contributed by atoms with E-state index in [0.717, 1.165) is 28.4 Å². The van der Waals surface area contributed by atoms with Crippen LogP contribution in [0.15, 0.2) is 158 Å². The maximum Gasteiger partial charge on any atom is 0.0775 e. The third-order valence-corrected chi connectivity index (χ3v) is 17.8. The quantitative estimate of drug-likeness (QED) is 0.147. The number of aromatic nitrogens is 1. The van der Waals surface area contributed by atoms with Crippen molar-refractivity contribution in [1.29, 1.82) is 0 Å². The normalized spacial score (nSPS) is 14.0. The molecule has 10 aromatic rings. The van der Waals surface area contributed by atoms with Gasteiger partial charge in [-0.15, -0.1) is 0 Å². The van der Waals surface area contributed by atoms with Crippen LogP contribution < -0.4 is 15.0 Å². The molecule has 0 saturated heterocycles. The predicted molar refractivity (Wildman–Crippen MR) is 312 cm³/mol. The number of fused-ring (bicyclic) bond motifs is 10. The zero-order chi connectivity index (χ0) is 50.3. The van der Waals surface area contributed by atoms with Gasteiger partial charge in [0.25, 0.3) is 0 Å². The van der Waals surface area contributed by atoms with Crippen molar-refractivity contribution in [3.63, 3.8) is 0 Å². The van der Waals surface area contributed by atoms with E-state index in [0.29, 0.717) is 0 Å². The topological polar surface area (TPSA) is 10.9 Å². The predicted octanol–water partition coefficient (Wildman–Crippen LogP) is 18.8. The molecule has 2 heterocycles. The highest BCUT2D eigenvalue weighted by Gasteiger charge is 2.42. The lowest BCUT2D eigenvalue weighted by molar-refractivity contribution is 0.589. The Kier molecular flexibility index (Phi) is 10.5. The van der Waals surface area contributed by atoms with Crippen LogP contribution in [0.3, 0.4) is 0 Å². The van der Waals surface area contributed by atoms with Crippen LogP contribution in [0.5, 0.6) is 0 Å². The zero-order valence-corrected chi connectivity index (χ0v) is 45.9. The number of rotatable bonds is 7. The Bertz CT molecular complexity index is 3620. The minimum Gasteiger partial charge on any atom is -0.310 e. The van der Waals surface area contributed by atoms with Gasteiger partial charge in [0.05, 0.1) is 24.8 Å². The second-order valence-electron chi connectivity index (χ2n) is 25.3. The molecule has 0 saturated carbocycles. The minimum absolute atomic E-state index is 0.00429. The SMILES string of the molecule is Cc1ccc(N(c2ccc(C(C)(C)C)cc2)c2ccc3c4cc5ccc(N(c6ccc(C(C)(C)C)cc6)c6ccc([Si](C)(C)C)cc6)cc5c5c6c(n(c3c2)c45)-c2cc(C(C)(C)C)ccc2C6(C)C)cc1. The van der Waals surface area contributed by atoms with Crippen LogP contribution in [0.2, 0.25) is 19.6 Å². The summed E-state index contributed by atoms with van der Waals surface area (Å²) in [5.41, 5.74) is 20.1. The lowest BCUT2D eigenvalue weighted by Gasteiger charge is -2.28. The van der Waals surface area contributed by atoms with Crippen LogP contribution in [-0.4, -0.2) is 12.5 Å². The first-order chi connectivity index (χ1) is 33.4. The standard InChI is InChI=1S/C67H71N3Si/c1-42-16-24-47(25-17-42)69(49-29-21-45(22-30-49)65(5,6)7)52-33-36-54-56-38-43-18-26-51(68(48-27-19-44(20-28-48)64(2,3)4)50-31-34-53(35-32-50)71(13,14)15)40-55(43)60-61-63(70(62(56)60)59(54)41-52)57-39-46(66(8,9)10)23-37-58(57)67(61,11)12/h16-41H,1-15H3. The summed E-state index contributed by atoms with van der Waals surface area (Å²) < 4.78 is 2.67. The maximum atomic E-state index is 2.67. The Morgan fingerprint density at radius 1 is 0.451 bits per heavy atom. The van der Waals surface area contributed by atoms with E-state index >= 15 is 0 Å². The molecule has 0 N–H and O–H groups in total. The van der Waals surface area contributed by atoms with Crippen molar-refractivity contribution in [3.05, 3.63) is 191 Å². The van der Waals surface area contributed by atoms with E-state index in [1.54, 1.807) is 0 Å². The zero-order valence-electron chi connectivity index (χ0n) is 44.9. The van der Waals surface area contributed by atoms with Gasteiger partial charge in [-0.3, -0.25) is 0 Å². The molecule has 2 aromatic heterocycles. The van der Waals surface area contributed by atoms with E-state index < -0.39 is 8.07 Å². The van der Waals surface area contributed by atoms with Crippen LogP contribution in [-0.2, 0) is 21.7 Å². The van der Waals surface area contributed by atoms with Crippen LogP contribution in [0.25, 0.3) is 49.2 Å². The van der Waals surface area contributed by atoms with Gasteiger partial charge in [-0.05, 0) is 147 Å². The highest BCUT2D eigenvalue weighted by molar-refractivity contribution is 6.88. The van der Waals surface area contributed by atoms with E-state index in [4.69, 9.17) is 0 Å². The first-order valence-corrected chi connectivity index (χ1v) is 29.3. The molecule has 0 radical (unpaired) electrons. The smallest absolute Gasteiger partial charge is 0.0775 e. The first kappa shape index (κ1) is 46.7. The number of anilines is 6. The molecule has 358 valence electrons. The number of nitrogens with zero attached hydrogens (tertiary/aromatic N) is 3. The van der Waals surface area contributed by atoms with E-state index in [2.05, 4.69) is 275 Å². The fourth-order valence-corrected chi connectivity index (χ4v) is 12.7. The maximum absolute atomic E-state index is 2.67. The fourth-order valence-electron chi connectivity index (χ4n) is 11.5. The third kappa shape index (κ3) is 7.67. The number of hydrogen-bond donors (Lipinski definition) is 0. The largest absolute Gasteiger partial charge is 0.310 e. The van der Waals surface area contributed by atoms with Crippen molar-refractivity contribution in [2.45, 2.75) is 124 Å². The Morgan fingerprint density at radius 3 is 1.44 bits per heavy atom. The van der Waals surface area contributed by atoms with Gasteiger partial charge in [-0.2, -0.15) is 0 Å². The van der Waals surface area contributed by atoms with Gasteiger partial charge in [0.15, 0.2) is 0 Å². The first-order valence-electron chi connectivity index (χ1n) is 25.8. The molecular weight excluding hydrogens is 875 g/mol. The average Bonchev–Trinajstić information content (AvgIpc) is 3.91. The van der Waals surface area contributed by atoms with Crippen LogP contribution in [0.4, 0.5) is 34.1 Å². The molecule has 3 nitrogen and oxygen atoms in total. The average molecular weight is 946 g/mol. The summed E-state index contributed by atoms with van der Waals surface area (Å²) in [6.45, 7) is 35.2. The molecule has 11 rings (SSSR count). The molecule has 0 fully saturated rings. The molecule has 71 heavy (non-hydrogen) atoms. The van der Waals surface area contributed by atoms with Gasteiger partial charge < -0.3 is 14.2 Å². The summed E-state index contributed by atoms with van der Waals surface area (Å²) in [6.07, 6.45) is 0. The van der Waals surface area contributed by atoms with Crippen molar-refractivity contribution < 1.29 is 0 Å². The van der Waals surface area contributed by atoms with Crippen molar-refractivity contribution in [2.24, 2.45) is 0 Å². The lowest BCUT2D eigenvalue weighted by atomic mass is 9.79. The van der Waals surface area contributed by atoms with E-state index in [1.165, 1.54) is 93.5 Å². The van der Waals surface area contributed by atoms with Gasteiger partial charge in [-0.1, -0.05) is 179 Å². The Labute approximate surface area is 424 Å². The second-order valence-corrected chi connectivity index (χ2v) is 30.4. The molecule has 0 atom stereocenters. The highest BCUT2D eigenvalue weighted by atomic mass is 28.3. The molecule has 0 spiro atoms. The highest BCUT2D eigenvalue weighted by Crippen LogP contribution is 2.58.